The number of carbonyl (C=O) groups excluding carboxylic acids is 1. The van der Waals surface area contributed by atoms with Crippen molar-refractivity contribution >= 4 is 29.3 Å². The molecule has 1 aromatic carbocycles. The highest BCUT2D eigenvalue weighted by atomic mass is 35.5. The summed E-state index contributed by atoms with van der Waals surface area (Å²) in [5.41, 5.74) is 5.75. The Balaban J connectivity index is 1.68. The number of rotatable bonds is 6. The highest BCUT2D eigenvalue weighted by molar-refractivity contribution is 7.99. The van der Waals surface area contributed by atoms with Crippen LogP contribution in [0, 0.1) is 5.92 Å². The minimum Gasteiger partial charge on any atom is -0.344 e. The maximum absolute atomic E-state index is 12.4. The highest BCUT2D eigenvalue weighted by Crippen LogP contribution is 2.39. The number of aromatic nitrogens is 2. The Morgan fingerprint density at radius 2 is 2.08 bits per heavy atom. The molecule has 1 aliphatic carbocycles. The van der Waals surface area contributed by atoms with Gasteiger partial charge >= 0.3 is 0 Å². The Bertz CT molecular complexity index is 736. The van der Waals surface area contributed by atoms with Gasteiger partial charge in [0.2, 0.25) is 0 Å². The first kappa shape index (κ1) is 17.2. The molecule has 1 amide bonds. The number of carbonyl (C=O) groups is 1. The van der Waals surface area contributed by atoms with Crippen LogP contribution in [0.25, 0.3) is 0 Å². The molecule has 1 unspecified atom stereocenters. The molecule has 0 radical (unpaired) electrons. The molecule has 0 aliphatic heterocycles. The third kappa shape index (κ3) is 3.88. The van der Waals surface area contributed by atoms with Crippen molar-refractivity contribution in [3.8, 4) is 0 Å². The van der Waals surface area contributed by atoms with Gasteiger partial charge in [0.05, 0.1) is 10.6 Å². The first-order valence-corrected chi connectivity index (χ1v) is 9.00. The molecule has 1 aromatic heterocycles. The molecule has 0 spiro atoms. The van der Waals surface area contributed by atoms with E-state index >= 15 is 0 Å². The second-order valence-corrected chi connectivity index (χ2v) is 7.61. The van der Waals surface area contributed by atoms with Crippen molar-refractivity contribution in [2.75, 3.05) is 6.54 Å². The van der Waals surface area contributed by atoms with Crippen molar-refractivity contribution in [3.63, 3.8) is 0 Å². The van der Waals surface area contributed by atoms with Crippen LogP contribution >= 0.6 is 23.4 Å². The van der Waals surface area contributed by atoms with Gasteiger partial charge in [-0.3, -0.25) is 4.79 Å². The topological polar surface area (TPSA) is 80.9 Å². The maximum Gasteiger partial charge on any atom is 0.272 e. The Hall–Kier alpha value is -1.63. The number of benzene rings is 1. The molecular formula is C17H19ClN4OS. The third-order valence-corrected chi connectivity index (χ3v) is 5.67. The Morgan fingerprint density at radius 1 is 1.33 bits per heavy atom. The first-order valence-electron chi connectivity index (χ1n) is 7.80. The Labute approximate surface area is 150 Å². The quantitative estimate of drug-likeness (QED) is 0.825. The number of nitrogens with two attached hydrogens (primary N) is 1. The van der Waals surface area contributed by atoms with Gasteiger partial charge in [0.15, 0.2) is 5.69 Å². The van der Waals surface area contributed by atoms with Gasteiger partial charge in [-0.15, -0.1) is 10.2 Å². The molecule has 1 aliphatic rings. The lowest BCUT2D eigenvalue weighted by Crippen LogP contribution is -2.53. The van der Waals surface area contributed by atoms with E-state index in [2.05, 4.69) is 15.5 Å². The molecular weight excluding hydrogens is 344 g/mol. The van der Waals surface area contributed by atoms with E-state index in [-0.39, 0.29) is 11.4 Å². The van der Waals surface area contributed by atoms with Crippen LogP contribution in [0.2, 0.25) is 5.02 Å². The summed E-state index contributed by atoms with van der Waals surface area (Å²) >= 11 is 7.54. The average Bonchev–Trinajstić information content (AvgIpc) is 3.43. The monoisotopic (exact) mass is 362 g/mol. The van der Waals surface area contributed by atoms with E-state index in [4.69, 9.17) is 17.3 Å². The molecule has 3 rings (SSSR count). The average molecular weight is 363 g/mol. The van der Waals surface area contributed by atoms with Gasteiger partial charge in [-0.2, -0.15) is 0 Å². The lowest BCUT2D eigenvalue weighted by Gasteiger charge is -2.29. The fourth-order valence-corrected chi connectivity index (χ4v) is 3.51. The number of amides is 1. The summed E-state index contributed by atoms with van der Waals surface area (Å²) in [4.78, 5) is 13.3. The molecule has 0 bridgehead atoms. The van der Waals surface area contributed by atoms with Crippen LogP contribution < -0.4 is 11.1 Å². The molecule has 1 saturated carbocycles. The fraction of sp³-hybridized carbons (Fsp3) is 0.353. The Kier molecular flexibility index (Phi) is 5.08. The number of hydrogen-bond acceptors (Lipinski definition) is 5. The summed E-state index contributed by atoms with van der Waals surface area (Å²) in [6.45, 7) is 2.40. The molecule has 1 heterocycles. The molecule has 2 aromatic rings. The van der Waals surface area contributed by atoms with Crippen LogP contribution in [-0.2, 0) is 0 Å². The predicted octanol–water partition coefficient (Wildman–Crippen LogP) is 3.14. The normalized spacial score (nSPS) is 16.5. The SMILES string of the molecule is CC(CN)(NC(=O)c1ccc(Sc2ccccc2Cl)nn1)C1CC1. The molecule has 0 saturated heterocycles. The van der Waals surface area contributed by atoms with Gasteiger partial charge in [-0.25, -0.2) is 0 Å². The van der Waals surface area contributed by atoms with E-state index < -0.39 is 0 Å². The van der Waals surface area contributed by atoms with Gasteiger partial charge in [0.1, 0.15) is 5.03 Å². The van der Waals surface area contributed by atoms with Crippen molar-refractivity contribution in [2.24, 2.45) is 11.7 Å². The van der Waals surface area contributed by atoms with Crippen molar-refractivity contribution < 1.29 is 4.79 Å². The Morgan fingerprint density at radius 3 is 2.67 bits per heavy atom. The largest absolute Gasteiger partial charge is 0.344 e. The number of hydrogen-bond donors (Lipinski definition) is 2. The van der Waals surface area contributed by atoms with E-state index in [0.29, 0.717) is 28.2 Å². The van der Waals surface area contributed by atoms with E-state index in [9.17, 15) is 4.79 Å². The van der Waals surface area contributed by atoms with Gasteiger partial charge in [0, 0.05) is 11.4 Å². The summed E-state index contributed by atoms with van der Waals surface area (Å²) in [7, 11) is 0. The molecule has 7 heteroatoms. The van der Waals surface area contributed by atoms with Crippen LogP contribution in [0.1, 0.15) is 30.3 Å². The van der Waals surface area contributed by atoms with Gasteiger partial charge in [0.25, 0.3) is 5.91 Å². The van der Waals surface area contributed by atoms with Crippen LogP contribution in [0.5, 0.6) is 0 Å². The van der Waals surface area contributed by atoms with Gasteiger partial charge in [-0.1, -0.05) is 35.5 Å². The second-order valence-electron chi connectivity index (χ2n) is 6.14. The van der Waals surface area contributed by atoms with E-state index in [1.807, 2.05) is 31.2 Å². The molecule has 3 N–H and O–H groups in total. The molecule has 126 valence electrons. The van der Waals surface area contributed by atoms with Gasteiger partial charge in [-0.05, 0) is 49.9 Å². The van der Waals surface area contributed by atoms with E-state index in [1.54, 1.807) is 12.1 Å². The minimum atomic E-state index is -0.371. The highest BCUT2D eigenvalue weighted by Gasteiger charge is 2.41. The summed E-state index contributed by atoms with van der Waals surface area (Å²) < 4.78 is 0. The summed E-state index contributed by atoms with van der Waals surface area (Å²) in [5.74, 6) is 0.214. The number of halogens is 1. The molecule has 1 atom stereocenters. The van der Waals surface area contributed by atoms with Gasteiger partial charge < -0.3 is 11.1 Å². The lowest BCUT2D eigenvalue weighted by molar-refractivity contribution is 0.0891. The van der Waals surface area contributed by atoms with Crippen molar-refractivity contribution in [2.45, 2.75) is 35.2 Å². The van der Waals surface area contributed by atoms with Crippen molar-refractivity contribution in [1.82, 2.24) is 15.5 Å². The second kappa shape index (κ2) is 7.09. The number of nitrogens with one attached hydrogen (secondary N) is 1. The smallest absolute Gasteiger partial charge is 0.272 e. The maximum atomic E-state index is 12.4. The van der Waals surface area contributed by atoms with E-state index in [1.165, 1.54) is 11.8 Å². The zero-order chi connectivity index (χ0) is 17.2. The van der Waals surface area contributed by atoms with Crippen molar-refractivity contribution in [1.29, 1.82) is 0 Å². The number of nitrogens with zero attached hydrogens (tertiary/aromatic N) is 2. The van der Waals surface area contributed by atoms with Crippen LogP contribution in [0.3, 0.4) is 0 Å². The standard InChI is InChI=1S/C17H19ClN4OS/c1-17(10-19,11-6-7-11)20-16(23)13-8-9-15(22-21-13)24-14-5-3-2-4-12(14)18/h2-5,8-9,11H,6-7,10,19H2,1H3,(H,20,23). The zero-order valence-electron chi connectivity index (χ0n) is 13.3. The summed E-state index contributed by atoms with van der Waals surface area (Å²) in [6.07, 6.45) is 2.21. The molecule has 1 fully saturated rings. The van der Waals surface area contributed by atoms with Crippen LogP contribution in [0.15, 0.2) is 46.3 Å². The first-order chi connectivity index (χ1) is 11.5. The molecule has 5 nitrogen and oxygen atoms in total. The fourth-order valence-electron chi connectivity index (χ4n) is 2.50. The van der Waals surface area contributed by atoms with E-state index in [0.717, 1.165) is 17.7 Å². The van der Waals surface area contributed by atoms with Crippen molar-refractivity contribution in [3.05, 3.63) is 47.1 Å². The van der Waals surface area contributed by atoms with Crippen LogP contribution in [-0.4, -0.2) is 28.2 Å². The minimum absolute atomic E-state index is 0.239. The van der Waals surface area contributed by atoms with Crippen LogP contribution in [0.4, 0.5) is 0 Å². The summed E-state index contributed by atoms with van der Waals surface area (Å²) in [6, 6.07) is 11.0. The lowest BCUT2D eigenvalue weighted by atomic mass is 9.96. The predicted molar refractivity (Wildman–Crippen MR) is 95.3 cm³/mol. The summed E-state index contributed by atoms with van der Waals surface area (Å²) in [5, 5.41) is 12.5. The zero-order valence-corrected chi connectivity index (χ0v) is 14.9. The molecule has 24 heavy (non-hydrogen) atoms. The third-order valence-electron chi connectivity index (χ3n) is 4.23.